The molecule has 0 aromatic heterocycles. The lowest BCUT2D eigenvalue weighted by molar-refractivity contribution is -0.142. The third-order valence-electron chi connectivity index (χ3n) is 3.00. The van der Waals surface area contributed by atoms with Crippen molar-refractivity contribution in [2.75, 3.05) is 11.9 Å². The monoisotopic (exact) mass is 358 g/mol. The summed E-state index contributed by atoms with van der Waals surface area (Å²) in [5.74, 6) is -1.72. The van der Waals surface area contributed by atoms with Crippen molar-refractivity contribution in [2.24, 2.45) is 0 Å². The van der Waals surface area contributed by atoms with Crippen LogP contribution in [-0.4, -0.2) is 18.5 Å². The number of halogens is 2. The second-order valence-electron chi connectivity index (χ2n) is 4.84. The second kappa shape index (κ2) is 8.62. The molecule has 0 aliphatic rings. The summed E-state index contributed by atoms with van der Waals surface area (Å²) in [7, 11) is 0. The molecule has 1 amide bonds. The molecule has 0 radical (unpaired) electrons. The summed E-state index contributed by atoms with van der Waals surface area (Å²) in [5.41, 5.74) is 1.08. The number of hydrogen-bond donors (Lipinski definition) is 1. The maximum atomic E-state index is 12.8. The number of nitrogens with zero attached hydrogens (tertiary/aromatic N) is 1. The molecular formula is C18H12ClFN2O3. The van der Waals surface area contributed by atoms with Crippen molar-refractivity contribution in [3.63, 3.8) is 0 Å². The zero-order chi connectivity index (χ0) is 18.2. The second-order valence-corrected chi connectivity index (χ2v) is 5.28. The maximum Gasteiger partial charge on any atom is 0.331 e. The number of hydrogen-bond acceptors (Lipinski definition) is 4. The van der Waals surface area contributed by atoms with Crippen LogP contribution < -0.4 is 5.32 Å². The Bertz CT molecular complexity index is 858. The van der Waals surface area contributed by atoms with Crippen LogP contribution in [0.15, 0.2) is 48.5 Å². The first-order valence-electron chi connectivity index (χ1n) is 7.08. The molecule has 0 fully saturated rings. The van der Waals surface area contributed by atoms with Gasteiger partial charge in [-0.25, -0.2) is 9.18 Å². The van der Waals surface area contributed by atoms with Crippen LogP contribution in [0, 0.1) is 17.1 Å². The minimum Gasteiger partial charge on any atom is -0.452 e. The summed E-state index contributed by atoms with van der Waals surface area (Å²) in [6.07, 6.45) is 2.56. The number of amides is 1. The van der Waals surface area contributed by atoms with Crippen molar-refractivity contribution in [1.29, 1.82) is 5.26 Å². The largest absolute Gasteiger partial charge is 0.452 e. The topological polar surface area (TPSA) is 79.2 Å². The number of anilines is 1. The van der Waals surface area contributed by atoms with Gasteiger partial charge in [-0.1, -0.05) is 23.7 Å². The molecule has 0 atom stereocenters. The van der Waals surface area contributed by atoms with Crippen molar-refractivity contribution >= 4 is 35.2 Å². The molecule has 7 heteroatoms. The van der Waals surface area contributed by atoms with Gasteiger partial charge in [-0.3, -0.25) is 4.79 Å². The Morgan fingerprint density at radius 1 is 1.24 bits per heavy atom. The lowest BCUT2D eigenvalue weighted by atomic mass is 10.2. The van der Waals surface area contributed by atoms with Crippen molar-refractivity contribution in [2.45, 2.75) is 0 Å². The first-order valence-corrected chi connectivity index (χ1v) is 7.45. The highest BCUT2D eigenvalue weighted by atomic mass is 35.5. The molecule has 0 unspecified atom stereocenters. The first-order chi connectivity index (χ1) is 12.0. The standard InChI is InChI=1S/C18H12ClFN2O3/c19-14-5-4-13(10-21)16(9-14)22-17(23)11-25-18(24)8-3-12-1-6-15(20)7-2-12/h1-9H,11H2,(H,22,23)/b8-3+. The van der Waals surface area contributed by atoms with E-state index in [4.69, 9.17) is 21.6 Å². The van der Waals surface area contributed by atoms with Crippen LogP contribution in [-0.2, 0) is 14.3 Å². The van der Waals surface area contributed by atoms with Gasteiger partial charge in [0.1, 0.15) is 11.9 Å². The Labute approximate surface area is 148 Å². The van der Waals surface area contributed by atoms with Crippen molar-refractivity contribution < 1.29 is 18.7 Å². The third kappa shape index (κ3) is 5.75. The van der Waals surface area contributed by atoms with Gasteiger partial charge in [0.2, 0.25) is 0 Å². The molecule has 5 nitrogen and oxygen atoms in total. The van der Waals surface area contributed by atoms with Crippen LogP contribution in [0.3, 0.4) is 0 Å². The average Bonchev–Trinajstić information content (AvgIpc) is 2.59. The number of carbonyl (C=O) groups is 2. The molecule has 0 spiro atoms. The summed E-state index contributed by atoms with van der Waals surface area (Å²) in [6.45, 7) is -0.524. The number of ether oxygens (including phenoxy) is 1. The number of carbonyl (C=O) groups excluding carboxylic acids is 2. The third-order valence-corrected chi connectivity index (χ3v) is 3.24. The maximum absolute atomic E-state index is 12.8. The van der Waals surface area contributed by atoms with E-state index in [-0.39, 0.29) is 17.1 Å². The van der Waals surface area contributed by atoms with Crippen molar-refractivity contribution in [3.8, 4) is 6.07 Å². The Morgan fingerprint density at radius 3 is 2.64 bits per heavy atom. The van der Waals surface area contributed by atoms with E-state index in [1.165, 1.54) is 48.5 Å². The van der Waals surface area contributed by atoms with Crippen molar-refractivity contribution in [3.05, 3.63) is 70.5 Å². The summed E-state index contributed by atoms with van der Waals surface area (Å²) in [5, 5.41) is 11.8. The molecule has 0 aliphatic heterocycles. The molecule has 0 aliphatic carbocycles. The predicted octanol–water partition coefficient (Wildman–Crippen LogP) is 3.55. The van der Waals surface area contributed by atoms with E-state index in [0.29, 0.717) is 10.6 Å². The van der Waals surface area contributed by atoms with E-state index in [0.717, 1.165) is 6.08 Å². The molecule has 0 saturated carbocycles. The summed E-state index contributed by atoms with van der Waals surface area (Å²) in [4.78, 5) is 23.4. The summed E-state index contributed by atoms with van der Waals surface area (Å²) in [6, 6.07) is 11.8. The molecule has 0 heterocycles. The molecular weight excluding hydrogens is 347 g/mol. The molecule has 2 aromatic carbocycles. The van der Waals surface area contributed by atoms with E-state index in [1.54, 1.807) is 0 Å². The van der Waals surface area contributed by atoms with Crippen molar-refractivity contribution in [1.82, 2.24) is 0 Å². The van der Waals surface area contributed by atoms with Gasteiger partial charge >= 0.3 is 5.97 Å². The highest BCUT2D eigenvalue weighted by Gasteiger charge is 2.09. The minimum atomic E-state index is -0.730. The number of rotatable bonds is 5. The fraction of sp³-hybridized carbons (Fsp3) is 0.0556. The Hall–Kier alpha value is -3.17. The average molecular weight is 359 g/mol. The molecule has 126 valence electrons. The smallest absolute Gasteiger partial charge is 0.331 e. The van der Waals surface area contributed by atoms with Gasteiger partial charge in [-0.2, -0.15) is 5.26 Å². The van der Waals surface area contributed by atoms with Gasteiger partial charge in [0.05, 0.1) is 11.3 Å². The summed E-state index contributed by atoms with van der Waals surface area (Å²) >= 11 is 5.82. The molecule has 2 aromatic rings. The van der Waals surface area contributed by atoms with Crippen LogP contribution in [0.1, 0.15) is 11.1 Å². The number of nitrogens with one attached hydrogen (secondary N) is 1. The highest BCUT2D eigenvalue weighted by molar-refractivity contribution is 6.31. The molecule has 0 saturated heterocycles. The van der Waals surface area contributed by atoms with Crippen LogP contribution >= 0.6 is 11.6 Å². The van der Waals surface area contributed by atoms with Gasteiger partial charge in [0.25, 0.3) is 5.91 Å². The highest BCUT2D eigenvalue weighted by Crippen LogP contribution is 2.20. The van der Waals surface area contributed by atoms with Gasteiger partial charge in [-0.05, 0) is 42.0 Å². The van der Waals surface area contributed by atoms with Crippen LogP contribution in [0.25, 0.3) is 6.08 Å². The van der Waals surface area contributed by atoms with Crippen LogP contribution in [0.5, 0.6) is 0 Å². The zero-order valence-corrected chi connectivity index (χ0v) is 13.6. The van der Waals surface area contributed by atoms with Gasteiger partial charge in [0.15, 0.2) is 6.61 Å². The Morgan fingerprint density at radius 2 is 1.96 bits per heavy atom. The van der Waals surface area contributed by atoms with Gasteiger partial charge in [0, 0.05) is 11.1 Å². The van der Waals surface area contributed by atoms with E-state index in [9.17, 15) is 14.0 Å². The molecule has 25 heavy (non-hydrogen) atoms. The fourth-order valence-corrected chi connectivity index (χ4v) is 2.00. The minimum absolute atomic E-state index is 0.234. The molecule has 0 bridgehead atoms. The zero-order valence-electron chi connectivity index (χ0n) is 12.8. The lowest BCUT2D eigenvalue weighted by Gasteiger charge is -2.07. The SMILES string of the molecule is N#Cc1ccc(Cl)cc1NC(=O)COC(=O)/C=C/c1ccc(F)cc1. The van der Waals surface area contributed by atoms with Gasteiger partial charge < -0.3 is 10.1 Å². The van der Waals surface area contributed by atoms with E-state index in [2.05, 4.69) is 5.32 Å². The number of esters is 1. The first kappa shape index (κ1) is 18.2. The van der Waals surface area contributed by atoms with E-state index < -0.39 is 18.5 Å². The summed E-state index contributed by atoms with van der Waals surface area (Å²) < 4.78 is 17.6. The Balaban J connectivity index is 1.87. The van der Waals surface area contributed by atoms with E-state index >= 15 is 0 Å². The number of nitriles is 1. The van der Waals surface area contributed by atoms with Crippen LogP contribution in [0.2, 0.25) is 5.02 Å². The lowest BCUT2D eigenvalue weighted by Crippen LogP contribution is -2.20. The Kier molecular flexibility index (Phi) is 6.26. The number of benzene rings is 2. The van der Waals surface area contributed by atoms with Crippen LogP contribution in [0.4, 0.5) is 10.1 Å². The molecule has 1 N–H and O–H groups in total. The fourth-order valence-electron chi connectivity index (χ4n) is 1.83. The molecule has 2 rings (SSSR count). The normalized spacial score (nSPS) is 10.3. The van der Waals surface area contributed by atoms with Gasteiger partial charge in [-0.15, -0.1) is 0 Å². The quantitative estimate of drug-likeness (QED) is 0.655. The van der Waals surface area contributed by atoms with E-state index in [1.807, 2.05) is 6.07 Å². The predicted molar refractivity (Wildman–Crippen MR) is 91.2 cm³/mol.